The highest BCUT2D eigenvalue weighted by Gasteiger charge is 2.22. The molecule has 0 saturated carbocycles. The standard InChI is InChI=1S/C16H22N4O3S3/c1-26(22,23)20-10-8-19(9-11-20)7-6-17-15(21)12-24-16-18-13-4-2-3-5-14(13)25-16/h2-5H,6-12H2,1H3,(H,17,21). The molecular weight excluding hydrogens is 392 g/mol. The number of carbonyl (C=O) groups is 1. The van der Waals surface area contributed by atoms with E-state index in [0.717, 1.165) is 21.1 Å². The number of sulfonamides is 1. The summed E-state index contributed by atoms with van der Waals surface area (Å²) in [6.07, 6.45) is 1.24. The first-order chi connectivity index (χ1) is 12.4. The van der Waals surface area contributed by atoms with Gasteiger partial charge in [0.05, 0.1) is 22.2 Å². The Bertz CT molecular complexity index is 828. The van der Waals surface area contributed by atoms with Gasteiger partial charge in [-0.1, -0.05) is 23.9 Å². The molecule has 0 bridgehead atoms. The SMILES string of the molecule is CS(=O)(=O)N1CCN(CCNC(=O)CSc2nc3ccccc3s2)CC1. The quantitative estimate of drug-likeness (QED) is 0.683. The van der Waals surface area contributed by atoms with Crippen LogP contribution in [0.25, 0.3) is 10.2 Å². The van der Waals surface area contributed by atoms with Crippen LogP contribution < -0.4 is 5.32 Å². The highest BCUT2D eigenvalue weighted by atomic mass is 32.2. The summed E-state index contributed by atoms with van der Waals surface area (Å²) < 4.78 is 26.5. The first-order valence-electron chi connectivity index (χ1n) is 8.34. The molecule has 3 rings (SSSR count). The van der Waals surface area contributed by atoms with Crippen LogP contribution in [0.15, 0.2) is 28.6 Å². The number of fused-ring (bicyclic) bond motifs is 1. The number of para-hydroxylation sites is 1. The summed E-state index contributed by atoms with van der Waals surface area (Å²) in [5.41, 5.74) is 0.966. The fourth-order valence-electron chi connectivity index (χ4n) is 2.73. The number of rotatable bonds is 7. The van der Waals surface area contributed by atoms with E-state index in [1.807, 2.05) is 24.3 Å². The fraction of sp³-hybridized carbons (Fsp3) is 0.500. The lowest BCUT2D eigenvalue weighted by Crippen LogP contribution is -2.50. The highest BCUT2D eigenvalue weighted by Crippen LogP contribution is 2.28. The maximum absolute atomic E-state index is 12.0. The van der Waals surface area contributed by atoms with E-state index >= 15 is 0 Å². The van der Waals surface area contributed by atoms with Gasteiger partial charge in [0.25, 0.3) is 0 Å². The number of nitrogens with one attached hydrogen (secondary N) is 1. The van der Waals surface area contributed by atoms with Crippen molar-refractivity contribution in [3.05, 3.63) is 24.3 Å². The van der Waals surface area contributed by atoms with E-state index in [0.29, 0.717) is 38.5 Å². The van der Waals surface area contributed by atoms with Crippen LogP contribution in [-0.4, -0.2) is 79.8 Å². The zero-order chi connectivity index (χ0) is 18.6. The van der Waals surface area contributed by atoms with E-state index in [1.54, 1.807) is 11.3 Å². The van der Waals surface area contributed by atoms with Gasteiger partial charge in [-0.25, -0.2) is 13.4 Å². The molecule has 1 aliphatic heterocycles. The first-order valence-corrected chi connectivity index (χ1v) is 12.0. The van der Waals surface area contributed by atoms with Gasteiger partial charge in [-0.3, -0.25) is 9.69 Å². The predicted molar refractivity (Wildman–Crippen MR) is 106 cm³/mol. The third-order valence-corrected chi connectivity index (χ3v) is 7.63. The molecule has 7 nitrogen and oxygen atoms in total. The number of benzene rings is 1. The monoisotopic (exact) mass is 414 g/mol. The molecule has 1 aliphatic rings. The number of thioether (sulfide) groups is 1. The van der Waals surface area contributed by atoms with Gasteiger partial charge in [0.2, 0.25) is 15.9 Å². The van der Waals surface area contributed by atoms with Crippen molar-refractivity contribution in [1.82, 2.24) is 19.5 Å². The summed E-state index contributed by atoms with van der Waals surface area (Å²) in [6.45, 7) is 3.72. The van der Waals surface area contributed by atoms with Crippen LogP contribution in [0, 0.1) is 0 Å². The van der Waals surface area contributed by atoms with Crippen molar-refractivity contribution in [2.24, 2.45) is 0 Å². The Kier molecular flexibility index (Phi) is 6.51. The molecule has 0 radical (unpaired) electrons. The number of aromatic nitrogens is 1. The smallest absolute Gasteiger partial charge is 0.230 e. The third-order valence-electron chi connectivity index (χ3n) is 4.15. The van der Waals surface area contributed by atoms with Crippen molar-refractivity contribution in [2.45, 2.75) is 4.34 Å². The number of carbonyl (C=O) groups excluding carboxylic acids is 1. The minimum Gasteiger partial charge on any atom is -0.354 e. The summed E-state index contributed by atoms with van der Waals surface area (Å²) in [5, 5.41) is 2.92. The van der Waals surface area contributed by atoms with Gasteiger partial charge < -0.3 is 5.32 Å². The molecule has 26 heavy (non-hydrogen) atoms. The van der Waals surface area contributed by atoms with Gasteiger partial charge >= 0.3 is 0 Å². The van der Waals surface area contributed by atoms with Crippen molar-refractivity contribution in [2.75, 3.05) is 51.3 Å². The van der Waals surface area contributed by atoms with E-state index in [-0.39, 0.29) is 5.91 Å². The Hall–Kier alpha value is -1.20. The van der Waals surface area contributed by atoms with E-state index in [4.69, 9.17) is 0 Å². The summed E-state index contributed by atoms with van der Waals surface area (Å²) in [7, 11) is -3.10. The molecule has 2 heterocycles. The topological polar surface area (TPSA) is 82.6 Å². The second-order valence-electron chi connectivity index (χ2n) is 6.09. The number of piperazine rings is 1. The largest absolute Gasteiger partial charge is 0.354 e. The molecule has 2 aromatic rings. The molecule has 1 aromatic carbocycles. The van der Waals surface area contributed by atoms with Crippen LogP contribution in [0.4, 0.5) is 0 Å². The molecule has 1 N–H and O–H groups in total. The van der Waals surface area contributed by atoms with Crippen molar-refractivity contribution < 1.29 is 13.2 Å². The summed E-state index contributed by atoms with van der Waals surface area (Å²) in [6, 6.07) is 7.94. The second-order valence-corrected chi connectivity index (χ2v) is 10.3. The van der Waals surface area contributed by atoms with Gasteiger partial charge in [0.1, 0.15) is 0 Å². The molecule has 1 saturated heterocycles. The Labute approximate surface area is 161 Å². The first kappa shape index (κ1) is 19.6. The number of thiazole rings is 1. The summed E-state index contributed by atoms with van der Waals surface area (Å²) in [5.74, 6) is 0.339. The molecule has 0 atom stereocenters. The second kappa shape index (κ2) is 8.66. The molecule has 0 spiro atoms. The average molecular weight is 415 g/mol. The Balaban J connectivity index is 1.34. The molecule has 1 aromatic heterocycles. The Morgan fingerprint density at radius 2 is 2.00 bits per heavy atom. The van der Waals surface area contributed by atoms with E-state index in [9.17, 15) is 13.2 Å². The lowest BCUT2D eigenvalue weighted by Gasteiger charge is -2.33. The van der Waals surface area contributed by atoms with E-state index in [2.05, 4.69) is 15.2 Å². The lowest BCUT2D eigenvalue weighted by molar-refractivity contribution is -0.118. The van der Waals surface area contributed by atoms with Gasteiger partial charge in [-0.15, -0.1) is 11.3 Å². The molecule has 10 heteroatoms. The number of nitrogens with zero attached hydrogens (tertiary/aromatic N) is 3. The van der Waals surface area contributed by atoms with Crippen LogP contribution in [-0.2, 0) is 14.8 Å². The summed E-state index contributed by atoms with van der Waals surface area (Å²) in [4.78, 5) is 18.7. The summed E-state index contributed by atoms with van der Waals surface area (Å²) >= 11 is 3.05. The zero-order valence-electron chi connectivity index (χ0n) is 14.6. The lowest BCUT2D eigenvalue weighted by atomic mass is 10.3. The minimum absolute atomic E-state index is 0.0102. The van der Waals surface area contributed by atoms with Gasteiger partial charge in [0.15, 0.2) is 4.34 Å². The highest BCUT2D eigenvalue weighted by molar-refractivity contribution is 8.01. The number of amides is 1. The minimum atomic E-state index is -3.10. The van der Waals surface area contributed by atoms with E-state index < -0.39 is 10.0 Å². The third kappa shape index (κ3) is 5.40. The normalized spacial score (nSPS) is 16.8. The van der Waals surface area contributed by atoms with Crippen LogP contribution >= 0.6 is 23.1 Å². The molecule has 0 aliphatic carbocycles. The van der Waals surface area contributed by atoms with Crippen molar-refractivity contribution in [3.8, 4) is 0 Å². The van der Waals surface area contributed by atoms with Crippen molar-refractivity contribution in [1.29, 1.82) is 0 Å². The van der Waals surface area contributed by atoms with Gasteiger partial charge in [-0.05, 0) is 12.1 Å². The van der Waals surface area contributed by atoms with Gasteiger partial charge in [-0.2, -0.15) is 4.31 Å². The molecule has 1 fully saturated rings. The van der Waals surface area contributed by atoms with Crippen LogP contribution in [0.5, 0.6) is 0 Å². The molecule has 1 amide bonds. The molecular formula is C16H22N4O3S3. The molecule has 142 valence electrons. The van der Waals surface area contributed by atoms with E-state index in [1.165, 1.54) is 22.3 Å². The van der Waals surface area contributed by atoms with Crippen LogP contribution in [0.3, 0.4) is 0 Å². The Morgan fingerprint density at radius 1 is 1.27 bits per heavy atom. The fourth-order valence-corrected chi connectivity index (χ4v) is 5.45. The van der Waals surface area contributed by atoms with Gasteiger partial charge in [0, 0.05) is 39.3 Å². The van der Waals surface area contributed by atoms with Crippen molar-refractivity contribution >= 4 is 49.2 Å². The predicted octanol–water partition coefficient (Wildman–Crippen LogP) is 1.08. The zero-order valence-corrected chi connectivity index (χ0v) is 17.0. The Morgan fingerprint density at radius 3 is 2.69 bits per heavy atom. The van der Waals surface area contributed by atoms with Crippen LogP contribution in [0.1, 0.15) is 0 Å². The molecule has 0 unspecified atom stereocenters. The maximum Gasteiger partial charge on any atom is 0.230 e. The van der Waals surface area contributed by atoms with Crippen molar-refractivity contribution in [3.63, 3.8) is 0 Å². The number of hydrogen-bond donors (Lipinski definition) is 1. The number of hydrogen-bond acceptors (Lipinski definition) is 7. The van der Waals surface area contributed by atoms with Crippen LogP contribution in [0.2, 0.25) is 0 Å². The average Bonchev–Trinajstić information content (AvgIpc) is 3.03. The maximum atomic E-state index is 12.0.